The van der Waals surface area contributed by atoms with E-state index in [1.54, 1.807) is 0 Å². The smallest absolute Gasteiger partial charge is 0.132 e. The van der Waals surface area contributed by atoms with Crippen molar-refractivity contribution in [2.75, 3.05) is 0 Å². The molecule has 3 nitrogen and oxygen atoms in total. The van der Waals surface area contributed by atoms with Crippen molar-refractivity contribution < 1.29 is 4.74 Å². The molecular formula is C13H16N2O. The third-order valence-corrected chi connectivity index (χ3v) is 2.63. The fourth-order valence-corrected chi connectivity index (χ4v) is 1.57. The first-order chi connectivity index (χ1) is 7.66. The molecule has 0 N–H and O–H groups in total. The minimum Gasteiger partial charge on any atom is -0.487 e. The Balaban J connectivity index is 2.05. The second-order valence-electron chi connectivity index (χ2n) is 3.94. The van der Waals surface area contributed by atoms with E-state index in [2.05, 4.69) is 4.98 Å². The molecule has 0 amide bonds. The second kappa shape index (κ2) is 4.39. The van der Waals surface area contributed by atoms with Crippen molar-refractivity contribution in [3.05, 3.63) is 47.5 Å². The van der Waals surface area contributed by atoms with E-state index in [4.69, 9.17) is 4.74 Å². The number of hydrogen-bond donors (Lipinski definition) is 0. The summed E-state index contributed by atoms with van der Waals surface area (Å²) in [7, 11) is 1.99. The summed E-state index contributed by atoms with van der Waals surface area (Å²) in [5.41, 5.74) is 2.11. The van der Waals surface area contributed by atoms with Crippen LogP contribution in [-0.4, -0.2) is 9.55 Å². The van der Waals surface area contributed by atoms with Crippen LogP contribution in [0.2, 0.25) is 0 Å². The zero-order valence-electron chi connectivity index (χ0n) is 9.90. The zero-order valence-corrected chi connectivity index (χ0v) is 9.90. The number of rotatable bonds is 3. The quantitative estimate of drug-likeness (QED) is 0.788. The maximum Gasteiger partial charge on any atom is 0.132 e. The highest BCUT2D eigenvalue weighted by molar-refractivity contribution is 5.31. The van der Waals surface area contributed by atoms with Crippen LogP contribution in [-0.2, 0) is 13.7 Å². The maximum absolute atomic E-state index is 5.72. The van der Waals surface area contributed by atoms with Gasteiger partial charge >= 0.3 is 0 Å². The molecule has 1 aromatic carbocycles. The molecule has 0 fully saturated rings. The van der Waals surface area contributed by atoms with Gasteiger partial charge < -0.3 is 9.30 Å². The lowest BCUT2D eigenvalue weighted by molar-refractivity contribution is 0.299. The van der Waals surface area contributed by atoms with E-state index in [0.29, 0.717) is 6.61 Å². The van der Waals surface area contributed by atoms with Gasteiger partial charge in [0.1, 0.15) is 18.2 Å². The lowest BCUT2D eigenvalue weighted by Crippen LogP contribution is -1.97. The maximum atomic E-state index is 5.72. The van der Waals surface area contributed by atoms with Crippen LogP contribution in [0, 0.1) is 13.8 Å². The van der Waals surface area contributed by atoms with E-state index in [1.807, 2.05) is 55.9 Å². The Morgan fingerprint density at radius 1 is 1.25 bits per heavy atom. The Morgan fingerprint density at radius 2 is 2.00 bits per heavy atom. The Morgan fingerprint density at radius 3 is 2.62 bits per heavy atom. The number of aromatic nitrogens is 2. The summed E-state index contributed by atoms with van der Waals surface area (Å²) >= 11 is 0. The molecule has 2 rings (SSSR count). The van der Waals surface area contributed by atoms with Crippen molar-refractivity contribution in [2.24, 2.45) is 7.05 Å². The summed E-state index contributed by atoms with van der Waals surface area (Å²) in [6.07, 6.45) is 1.99. The van der Waals surface area contributed by atoms with Crippen LogP contribution >= 0.6 is 0 Å². The number of ether oxygens (including phenoxy) is 1. The van der Waals surface area contributed by atoms with E-state index in [9.17, 15) is 0 Å². The van der Waals surface area contributed by atoms with Gasteiger partial charge in [0.2, 0.25) is 0 Å². The van der Waals surface area contributed by atoms with E-state index < -0.39 is 0 Å². The Labute approximate surface area is 95.7 Å². The first kappa shape index (κ1) is 10.7. The molecule has 2 aromatic rings. The molecular weight excluding hydrogens is 200 g/mol. The van der Waals surface area contributed by atoms with Crippen LogP contribution in [0.15, 0.2) is 30.5 Å². The molecule has 0 aliphatic carbocycles. The summed E-state index contributed by atoms with van der Waals surface area (Å²) in [5, 5.41) is 0. The third-order valence-electron chi connectivity index (χ3n) is 2.63. The molecule has 0 saturated carbocycles. The monoisotopic (exact) mass is 216 g/mol. The van der Waals surface area contributed by atoms with E-state index in [0.717, 1.165) is 22.8 Å². The minimum absolute atomic E-state index is 0.520. The normalized spacial score (nSPS) is 10.4. The molecule has 0 atom stereocenters. The number of aryl methyl sites for hydroxylation is 3. The van der Waals surface area contributed by atoms with Gasteiger partial charge in [-0.05, 0) is 25.5 Å². The van der Waals surface area contributed by atoms with Crippen molar-refractivity contribution in [1.29, 1.82) is 0 Å². The van der Waals surface area contributed by atoms with Crippen LogP contribution in [0.25, 0.3) is 0 Å². The van der Waals surface area contributed by atoms with Gasteiger partial charge in [-0.25, -0.2) is 4.98 Å². The fourth-order valence-electron chi connectivity index (χ4n) is 1.57. The number of imidazole rings is 1. The number of hydrogen-bond acceptors (Lipinski definition) is 2. The van der Waals surface area contributed by atoms with Crippen molar-refractivity contribution in [3.8, 4) is 5.75 Å². The van der Waals surface area contributed by atoms with Gasteiger partial charge in [0.05, 0.1) is 5.69 Å². The molecule has 0 aliphatic rings. The molecule has 3 heteroatoms. The van der Waals surface area contributed by atoms with Crippen LogP contribution in [0.1, 0.15) is 17.1 Å². The van der Waals surface area contributed by atoms with Gasteiger partial charge in [-0.1, -0.05) is 18.2 Å². The van der Waals surface area contributed by atoms with E-state index >= 15 is 0 Å². The predicted molar refractivity (Wildman–Crippen MR) is 63.5 cm³/mol. The third kappa shape index (κ3) is 2.24. The van der Waals surface area contributed by atoms with Crippen molar-refractivity contribution in [1.82, 2.24) is 9.55 Å². The van der Waals surface area contributed by atoms with Crippen LogP contribution in [0.4, 0.5) is 0 Å². The Kier molecular flexibility index (Phi) is 2.95. The topological polar surface area (TPSA) is 27.1 Å². The van der Waals surface area contributed by atoms with E-state index in [1.165, 1.54) is 0 Å². The van der Waals surface area contributed by atoms with Gasteiger partial charge in [-0.2, -0.15) is 0 Å². The van der Waals surface area contributed by atoms with Gasteiger partial charge in [-0.3, -0.25) is 0 Å². The summed E-state index contributed by atoms with van der Waals surface area (Å²) in [6.45, 7) is 4.54. The highest BCUT2D eigenvalue weighted by atomic mass is 16.5. The average molecular weight is 216 g/mol. The number of nitrogens with zero attached hydrogens (tertiary/aromatic N) is 2. The SMILES string of the molecule is Cc1ccccc1OCc1cn(C)c(C)n1. The molecule has 0 spiro atoms. The summed E-state index contributed by atoms with van der Waals surface area (Å²) < 4.78 is 7.71. The molecule has 0 unspecified atom stereocenters. The first-order valence-electron chi connectivity index (χ1n) is 5.34. The predicted octanol–water partition coefficient (Wildman–Crippen LogP) is 2.62. The van der Waals surface area contributed by atoms with Gasteiger partial charge in [-0.15, -0.1) is 0 Å². The molecule has 1 heterocycles. The van der Waals surface area contributed by atoms with Gasteiger partial charge in [0.15, 0.2) is 0 Å². The Bertz CT molecular complexity index is 469. The molecule has 0 saturated heterocycles. The molecule has 0 aliphatic heterocycles. The lowest BCUT2D eigenvalue weighted by Gasteiger charge is -2.06. The molecule has 0 radical (unpaired) electrons. The van der Waals surface area contributed by atoms with E-state index in [-0.39, 0.29) is 0 Å². The largest absolute Gasteiger partial charge is 0.487 e. The molecule has 1 aromatic heterocycles. The summed E-state index contributed by atoms with van der Waals surface area (Å²) in [5.74, 6) is 1.93. The van der Waals surface area contributed by atoms with Crippen molar-refractivity contribution >= 4 is 0 Å². The average Bonchev–Trinajstić information content (AvgIpc) is 2.57. The minimum atomic E-state index is 0.520. The first-order valence-corrected chi connectivity index (χ1v) is 5.34. The summed E-state index contributed by atoms with van der Waals surface area (Å²) in [6, 6.07) is 8.00. The lowest BCUT2D eigenvalue weighted by atomic mass is 10.2. The van der Waals surface area contributed by atoms with Crippen molar-refractivity contribution in [2.45, 2.75) is 20.5 Å². The fraction of sp³-hybridized carbons (Fsp3) is 0.308. The Hall–Kier alpha value is -1.77. The highest BCUT2D eigenvalue weighted by Crippen LogP contribution is 2.17. The molecule has 16 heavy (non-hydrogen) atoms. The summed E-state index contributed by atoms with van der Waals surface area (Å²) in [4.78, 5) is 4.39. The van der Waals surface area contributed by atoms with Crippen LogP contribution in [0.5, 0.6) is 5.75 Å². The van der Waals surface area contributed by atoms with Crippen molar-refractivity contribution in [3.63, 3.8) is 0 Å². The standard InChI is InChI=1S/C13H16N2O/c1-10-6-4-5-7-13(10)16-9-12-8-15(3)11(2)14-12/h4-8H,9H2,1-3H3. The van der Waals surface area contributed by atoms with Gasteiger partial charge in [0, 0.05) is 13.2 Å². The number of benzene rings is 1. The van der Waals surface area contributed by atoms with Crippen LogP contribution < -0.4 is 4.74 Å². The highest BCUT2D eigenvalue weighted by Gasteiger charge is 2.03. The van der Waals surface area contributed by atoms with Gasteiger partial charge in [0.25, 0.3) is 0 Å². The number of para-hydroxylation sites is 1. The zero-order chi connectivity index (χ0) is 11.5. The molecule has 84 valence electrons. The molecule has 0 bridgehead atoms. The van der Waals surface area contributed by atoms with Crippen LogP contribution in [0.3, 0.4) is 0 Å². The second-order valence-corrected chi connectivity index (χ2v) is 3.94.